The number of hydrogen-bond acceptors (Lipinski definition) is 5. The first-order valence-corrected chi connectivity index (χ1v) is 8.32. The van der Waals surface area contributed by atoms with Gasteiger partial charge in [0.2, 0.25) is 0 Å². The second kappa shape index (κ2) is 4.53. The molecule has 0 aliphatic rings. The van der Waals surface area contributed by atoms with E-state index in [1.54, 1.807) is 0 Å². The Labute approximate surface area is 92.4 Å². The predicted octanol–water partition coefficient (Wildman–Crippen LogP) is 0.448. The second-order valence-corrected chi connectivity index (χ2v) is 8.35. The molecule has 0 fully saturated rings. The molecule has 0 N–H and O–H groups in total. The van der Waals surface area contributed by atoms with Crippen molar-refractivity contribution in [2.75, 3.05) is 7.52 Å². The molecule has 0 aromatic rings. The van der Waals surface area contributed by atoms with Gasteiger partial charge in [-0.2, -0.15) is 16.8 Å². The smallest absolute Gasteiger partial charge is 0.198 e. The Hall–Kier alpha value is 1.32. The van der Waals surface area contributed by atoms with Crippen molar-refractivity contribution in [2.24, 2.45) is 0 Å². The van der Waals surface area contributed by atoms with Gasteiger partial charge in [-0.3, -0.25) is 0 Å². The summed E-state index contributed by atoms with van der Waals surface area (Å²) in [4.78, 5) is 0. The van der Waals surface area contributed by atoms with E-state index >= 15 is 0 Å². The standard InChI is InChI=1S/C2H4I2O5S2/c3-1-10(5,6)9-11(7,8)2-4/h1-2H2. The van der Waals surface area contributed by atoms with E-state index < -0.39 is 20.2 Å². The lowest BCUT2D eigenvalue weighted by Gasteiger charge is -1.98. The van der Waals surface area contributed by atoms with Gasteiger partial charge in [0.05, 0.1) is 0 Å². The van der Waals surface area contributed by atoms with Crippen molar-refractivity contribution in [3.63, 3.8) is 0 Å². The van der Waals surface area contributed by atoms with Crippen molar-refractivity contribution in [1.29, 1.82) is 0 Å². The van der Waals surface area contributed by atoms with Gasteiger partial charge in [0.15, 0.2) is 0 Å². The fourth-order valence-corrected chi connectivity index (χ4v) is 3.62. The number of hydrogen-bond donors (Lipinski definition) is 0. The van der Waals surface area contributed by atoms with Crippen LogP contribution in [0.3, 0.4) is 0 Å². The van der Waals surface area contributed by atoms with E-state index in [9.17, 15) is 16.8 Å². The Morgan fingerprint density at radius 3 is 1.36 bits per heavy atom. The van der Waals surface area contributed by atoms with E-state index in [1.807, 2.05) is 0 Å². The highest BCUT2D eigenvalue weighted by Gasteiger charge is 2.19. The monoisotopic (exact) mass is 426 g/mol. The molecule has 0 heterocycles. The van der Waals surface area contributed by atoms with Crippen molar-refractivity contribution in [3.05, 3.63) is 0 Å². The fraction of sp³-hybridized carbons (Fsp3) is 1.00. The fourth-order valence-electron chi connectivity index (χ4n) is 0.194. The van der Waals surface area contributed by atoms with Crippen LogP contribution in [0.4, 0.5) is 0 Å². The number of rotatable bonds is 4. The third-order valence-corrected chi connectivity index (χ3v) is 7.24. The third kappa shape index (κ3) is 5.54. The second-order valence-electron chi connectivity index (χ2n) is 1.40. The van der Waals surface area contributed by atoms with Gasteiger partial charge in [0.25, 0.3) is 20.2 Å². The van der Waals surface area contributed by atoms with Gasteiger partial charge in [0.1, 0.15) is 7.52 Å². The average Bonchev–Trinajstić information content (AvgIpc) is 1.86. The normalized spacial score (nSPS) is 13.3. The molecule has 0 saturated carbocycles. The Kier molecular flexibility index (Phi) is 5.07. The van der Waals surface area contributed by atoms with Crippen LogP contribution in [0.2, 0.25) is 0 Å². The summed E-state index contributed by atoms with van der Waals surface area (Å²) in [7, 11) is -7.79. The highest BCUT2D eigenvalue weighted by Crippen LogP contribution is 2.07. The van der Waals surface area contributed by atoms with Crippen LogP contribution < -0.4 is 0 Å². The van der Waals surface area contributed by atoms with E-state index in [2.05, 4.69) is 3.63 Å². The summed E-state index contributed by atoms with van der Waals surface area (Å²) in [5, 5.41) is 0. The van der Waals surface area contributed by atoms with Crippen LogP contribution in [0, 0.1) is 0 Å². The molecule has 9 heteroatoms. The molecule has 0 amide bonds. The van der Waals surface area contributed by atoms with Crippen LogP contribution in [0.25, 0.3) is 0 Å². The summed E-state index contributed by atoms with van der Waals surface area (Å²) in [6.45, 7) is 0. The first kappa shape index (κ1) is 12.3. The Bertz CT molecular complexity index is 269. The summed E-state index contributed by atoms with van der Waals surface area (Å²) in [6, 6.07) is 0. The Balaban J connectivity index is 4.54. The summed E-state index contributed by atoms with van der Waals surface area (Å²) >= 11 is 3.01. The molecular weight excluding hydrogens is 422 g/mol. The molecule has 0 bridgehead atoms. The molecule has 0 aliphatic heterocycles. The molecular formula is C2H4I2O5S2. The minimum Gasteiger partial charge on any atom is -0.198 e. The molecule has 68 valence electrons. The van der Waals surface area contributed by atoms with Crippen molar-refractivity contribution in [3.8, 4) is 0 Å². The molecule has 0 aromatic carbocycles. The molecule has 0 aliphatic carbocycles. The molecule has 0 unspecified atom stereocenters. The Morgan fingerprint density at radius 1 is 0.909 bits per heavy atom. The molecule has 11 heavy (non-hydrogen) atoms. The SMILES string of the molecule is O=S(=O)(CI)OS(=O)(=O)CI. The van der Waals surface area contributed by atoms with E-state index in [4.69, 9.17) is 0 Å². The molecule has 0 saturated heterocycles. The van der Waals surface area contributed by atoms with E-state index in [1.165, 1.54) is 45.2 Å². The van der Waals surface area contributed by atoms with Crippen molar-refractivity contribution < 1.29 is 20.5 Å². The third-order valence-electron chi connectivity index (χ3n) is 0.475. The Morgan fingerprint density at radius 2 is 1.18 bits per heavy atom. The first-order valence-electron chi connectivity index (χ1n) is 2.11. The van der Waals surface area contributed by atoms with Gasteiger partial charge in [-0.15, -0.1) is 3.63 Å². The zero-order chi connectivity index (χ0) is 9.12. The van der Waals surface area contributed by atoms with Crippen LogP contribution in [0.15, 0.2) is 0 Å². The molecule has 0 spiro atoms. The maximum Gasteiger partial charge on any atom is 0.291 e. The van der Waals surface area contributed by atoms with E-state index in [0.717, 1.165) is 0 Å². The van der Waals surface area contributed by atoms with Gasteiger partial charge in [0, 0.05) is 0 Å². The van der Waals surface area contributed by atoms with Crippen LogP contribution in [0.1, 0.15) is 0 Å². The minimum absolute atomic E-state index is 0.374. The highest BCUT2D eigenvalue weighted by molar-refractivity contribution is 14.1. The summed E-state index contributed by atoms with van der Waals surface area (Å²) in [5.74, 6) is 0. The average molecular weight is 426 g/mol. The lowest BCUT2D eigenvalue weighted by molar-refractivity contribution is 0.470. The maximum atomic E-state index is 10.6. The topological polar surface area (TPSA) is 77.5 Å². The summed E-state index contributed by atoms with van der Waals surface area (Å²) in [5.41, 5.74) is 0. The zero-order valence-electron chi connectivity index (χ0n) is 5.03. The van der Waals surface area contributed by atoms with Gasteiger partial charge >= 0.3 is 0 Å². The van der Waals surface area contributed by atoms with Crippen LogP contribution in [-0.4, -0.2) is 24.4 Å². The zero-order valence-corrected chi connectivity index (χ0v) is 11.0. The molecule has 0 aromatic heterocycles. The van der Waals surface area contributed by atoms with Crippen LogP contribution in [-0.2, 0) is 23.9 Å². The van der Waals surface area contributed by atoms with E-state index in [0.29, 0.717) is 0 Å². The van der Waals surface area contributed by atoms with Crippen molar-refractivity contribution in [2.45, 2.75) is 0 Å². The highest BCUT2D eigenvalue weighted by atomic mass is 127. The lowest BCUT2D eigenvalue weighted by atomic mass is 12.0. The van der Waals surface area contributed by atoms with Crippen LogP contribution in [0.5, 0.6) is 0 Å². The van der Waals surface area contributed by atoms with Gasteiger partial charge in [-0.1, -0.05) is 45.2 Å². The molecule has 5 nitrogen and oxygen atoms in total. The van der Waals surface area contributed by atoms with Gasteiger partial charge < -0.3 is 0 Å². The van der Waals surface area contributed by atoms with Crippen molar-refractivity contribution >= 4 is 65.4 Å². The predicted molar refractivity (Wildman–Crippen MR) is 56.7 cm³/mol. The maximum absolute atomic E-state index is 10.6. The number of alkyl halides is 2. The first-order chi connectivity index (χ1) is 4.83. The van der Waals surface area contributed by atoms with E-state index in [-0.39, 0.29) is 7.52 Å². The molecule has 0 atom stereocenters. The van der Waals surface area contributed by atoms with Crippen LogP contribution >= 0.6 is 45.2 Å². The molecule has 0 radical (unpaired) electrons. The largest absolute Gasteiger partial charge is 0.291 e. The summed E-state index contributed by atoms with van der Waals surface area (Å²) < 4.78 is 45.4. The van der Waals surface area contributed by atoms with Gasteiger partial charge in [-0.25, -0.2) is 0 Å². The lowest BCUT2D eigenvalue weighted by Crippen LogP contribution is -2.14. The quantitative estimate of drug-likeness (QED) is 0.482. The number of halogens is 2. The summed E-state index contributed by atoms with van der Waals surface area (Å²) in [6.07, 6.45) is 0. The minimum atomic E-state index is -3.90. The molecule has 0 rings (SSSR count). The van der Waals surface area contributed by atoms with Crippen molar-refractivity contribution in [1.82, 2.24) is 0 Å². The van der Waals surface area contributed by atoms with Gasteiger partial charge in [-0.05, 0) is 0 Å².